The van der Waals surface area contributed by atoms with Crippen LogP contribution in [0.2, 0.25) is 0 Å². The van der Waals surface area contributed by atoms with Crippen molar-refractivity contribution >= 4 is 5.65 Å². The molecule has 0 unspecified atom stereocenters. The molecule has 0 spiro atoms. The van der Waals surface area contributed by atoms with Gasteiger partial charge in [-0.2, -0.15) is 0 Å². The van der Waals surface area contributed by atoms with Gasteiger partial charge in [-0.1, -0.05) is 6.92 Å². The van der Waals surface area contributed by atoms with Crippen LogP contribution in [0, 0.1) is 0 Å². The molecule has 0 aliphatic heterocycles. The molecule has 0 atom stereocenters. The molecule has 0 bridgehead atoms. The first kappa shape index (κ1) is 9.85. The molecule has 0 aliphatic carbocycles. The molecule has 0 saturated heterocycles. The molecule has 0 aromatic carbocycles. The molecular formula is C9H13N5O. The summed E-state index contributed by atoms with van der Waals surface area (Å²) in [4.78, 5) is 4.10. The molecular weight excluding hydrogens is 194 g/mol. The van der Waals surface area contributed by atoms with Crippen molar-refractivity contribution in [3.05, 3.63) is 18.7 Å². The van der Waals surface area contributed by atoms with Gasteiger partial charge in [-0.05, 0) is 6.54 Å². The number of likely N-dealkylation sites (N-methyl/N-ethyl adjacent to an activating group) is 1. The topological polar surface area (TPSA) is 64.3 Å². The van der Waals surface area contributed by atoms with Crippen molar-refractivity contribution in [2.24, 2.45) is 0 Å². The Morgan fingerprint density at radius 2 is 2.47 bits per heavy atom. The van der Waals surface area contributed by atoms with Gasteiger partial charge in [0.2, 0.25) is 5.65 Å². The normalized spacial score (nSPS) is 10.7. The summed E-state index contributed by atoms with van der Waals surface area (Å²) in [6.07, 6.45) is 5.07. The van der Waals surface area contributed by atoms with E-state index in [2.05, 4.69) is 27.4 Å². The number of fused-ring (bicyclic) bond motifs is 1. The maximum Gasteiger partial charge on any atom is 0.260 e. The highest BCUT2D eigenvalue weighted by Crippen LogP contribution is 2.11. The molecule has 2 rings (SSSR count). The summed E-state index contributed by atoms with van der Waals surface area (Å²) in [5, 5.41) is 10.9. The van der Waals surface area contributed by atoms with Crippen LogP contribution in [0.25, 0.3) is 5.65 Å². The van der Waals surface area contributed by atoms with Crippen LogP contribution in [0.1, 0.15) is 6.92 Å². The average Bonchev–Trinajstić information content (AvgIpc) is 2.73. The molecule has 2 aromatic heterocycles. The Morgan fingerprint density at radius 1 is 1.53 bits per heavy atom. The van der Waals surface area contributed by atoms with E-state index >= 15 is 0 Å². The van der Waals surface area contributed by atoms with E-state index in [0.717, 1.165) is 13.1 Å². The summed E-state index contributed by atoms with van der Waals surface area (Å²) in [6.45, 7) is 4.37. The molecule has 2 heterocycles. The largest absolute Gasteiger partial charge is 0.474 e. The zero-order chi connectivity index (χ0) is 10.5. The predicted octanol–water partition coefficient (Wildman–Crippen LogP) is 0.113. The SMILES string of the molecule is CCNCCOc1nccn2cnnc12. The first-order valence-corrected chi connectivity index (χ1v) is 4.89. The molecule has 0 radical (unpaired) electrons. The van der Waals surface area contributed by atoms with Crippen LogP contribution >= 0.6 is 0 Å². The van der Waals surface area contributed by atoms with Gasteiger partial charge >= 0.3 is 0 Å². The van der Waals surface area contributed by atoms with Gasteiger partial charge in [-0.15, -0.1) is 10.2 Å². The Morgan fingerprint density at radius 3 is 3.33 bits per heavy atom. The van der Waals surface area contributed by atoms with Crippen molar-refractivity contribution in [3.8, 4) is 5.88 Å². The molecule has 0 aliphatic rings. The molecule has 0 fully saturated rings. The van der Waals surface area contributed by atoms with Gasteiger partial charge in [0.15, 0.2) is 0 Å². The summed E-state index contributed by atoms with van der Waals surface area (Å²) < 4.78 is 7.26. The number of rotatable bonds is 5. The first-order chi connectivity index (χ1) is 7.42. The third kappa shape index (κ3) is 2.21. The van der Waals surface area contributed by atoms with E-state index < -0.39 is 0 Å². The van der Waals surface area contributed by atoms with Gasteiger partial charge in [0.25, 0.3) is 5.88 Å². The van der Waals surface area contributed by atoms with Crippen LogP contribution < -0.4 is 10.1 Å². The highest BCUT2D eigenvalue weighted by Gasteiger charge is 2.04. The Balaban J connectivity index is 2.04. The number of nitrogens with zero attached hydrogens (tertiary/aromatic N) is 4. The standard InChI is InChI=1S/C9H13N5O/c1-2-10-4-6-15-9-8-13-12-7-14(8)5-3-11-9/h3,5,7,10H,2,4,6H2,1H3. The minimum absolute atomic E-state index is 0.521. The van der Waals surface area contributed by atoms with E-state index in [1.807, 2.05) is 0 Å². The second-order valence-corrected chi connectivity index (χ2v) is 3.00. The Labute approximate surface area is 87.3 Å². The number of ether oxygens (including phenoxy) is 1. The fourth-order valence-electron chi connectivity index (χ4n) is 1.23. The van der Waals surface area contributed by atoms with Crippen molar-refractivity contribution in [1.29, 1.82) is 0 Å². The lowest BCUT2D eigenvalue weighted by atomic mass is 10.6. The second-order valence-electron chi connectivity index (χ2n) is 3.00. The lowest BCUT2D eigenvalue weighted by molar-refractivity contribution is 0.305. The average molecular weight is 207 g/mol. The van der Waals surface area contributed by atoms with Crippen molar-refractivity contribution in [2.75, 3.05) is 19.7 Å². The van der Waals surface area contributed by atoms with Crippen molar-refractivity contribution < 1.29 is 4.74 Å². The van der Waals surface area contributed by atoms with E-state index in [1.165, 1.54) is 0 Å². The lowest BCUT2D eigenvalue weighted by Crippen LogP contribution is -2.20. The van der Waals surface area contributed by atoms with E-state index in [0.29, 0.717) is 18.1 Å². The predicted molar refractivity (Wildman–Crippen MR) is 54.8 cm³/mol. The van der Waals surface area contributed by atoms with E-state index in [4.69, 9.17) is 4.74 Å². The monoisotopic (exact) mass is 207 g/mol. The highest BCUT2D eigenvalue weighted by molar-refractivity contribution is 5.47. The Bertz CT molecular complexity index is 427. The zero-order valence-electron chi connectivity index (χ0n) is 8.55. The third-order valence-electron chi connectivity index (χ3n) is 1.95. The second kappa shape index (κ2) is 4.70. The number of hydrogen-bond donors (Lipinski definition) is 1. The van der Waals surface area contributed by atoms with E-state index in [-0.39, 0.29) is 0 Å². The number of hydrogen-bond acceptors (Lipinski definition) is 5. The molecule has 0 saturated carbocycles. The van der Waals surface area contributed by atoms with Crippen LogP contribution in [0.3, 0.4) is 0 Å². The summed E-state index contributed by atoms with van der Waals surface area (Å²) in [5.41, 5.74) is 0.647. The zero-order valence-corrected chi connectivity index (χ0v) is 8.55. The Hall–Kier alpha value is -1.69. The summed E-state index contributed by atoms with van der Waals surface area (Å²) in [5.74, 6) is 0.521. The molecule has 2 aromatic rings. The molecule has 6 nitrogen and oxygen atoms in total. The van der Waals surface area contributed by atoms with Gasteiger partial charge in [0, 0.05) is 18.9 Å². The summed E-state index contributed by atoms with van der Waals surface area (Å²) >= 11 is 0. The van der Waals surface area contributed by atoms with Crippen molar-refractivity contribution in [2.45, 2.75) is 6.92 Å². The molecule has 6 heteroatoms. The van der Waals surface area contributed by atoms with E-state index in [1.54, 1.807) is 23.1 Å². The van der Waals surface area contributed by atoms with Crippen LogP contribution in [-0.4, -0.2) is 39.3 Å². The molecule has 0 amide bonds. The minimum atomic E-state index is 0.521. The maximum atomic E-state index is 5.48. The van der Waals surface area contributed by atoms with Gasteiger partial charge in [-0.25, -0.2) is 4.98 Å². The summed E-state index contributed by atoms with van der Waals surface area (Å²) in [6, 6.07) is 0. The molecule has 1 N–H and O–H groups in total. The quantitative estimate of drug-likeness (QED) is 0.705. The van der Waals surface area contributed by atoms with Crippen molar-refractivity contribution in [3.63, 3.8) is 0 Å². The minimum Gasteiger partial charge on any atom is -0.474 e. The summed E-state index contributed by atoms with van der Waals surface area (Å²) in [7, 11) is 0. The Kier molecular flexibility index (Phi) is 3.08. The fourth-order valence-corrected chi connectivity index (χ4v) is 1.23. The van der Waals surface area contributed by atoms with Crippen LogP contribution in [0.4, 0.5) is 0 Å². The van der Waals surface area contributed by atoms with Gasteiger partial charge in [-0.3, -0.25) is 4.40 Å². The number of aromatic nitrogens is 4. The van der Waals surface area contributed by atoms with Gasteiger partial charge in [0.05, 0.1) is 0 Å². The van der Waals surface area contributed by atoms with Gasteiger partial charge < -0.3 is 10.1 Å². The third-order valence-corrected chi connectivity index (χ3v) is 1.95. The van der Waals surface area contributed by atoms with Crippen LogP contribution in [-0.2, 0) is 0 Å². The van der Waals surface area contributed by atoms with Crippen LogP contribution in [0.15, 0.2) is 18.7 Å². The van der Waals surface area contributed by atoms with Crippen molar-refractivity contribution in [1.82, 2.24) is 24.9 Å². The van der Waals surface area contributed by atoms with Crippen LogP contribution in [0.5, 0.6) is 5.88 Å². The smallest absolute Gasteiger partial charge is 0.260 e. The number of nitrogens with one attached hydrogen (secondary N) is 1. The highest BCUT2D eigenvalue weighted by atomic mass is 16.5. The van der Waals surface area contributed by atoms with E-state index in [9.17, 15) is 0 Å². The van der Waals surface area contributed by atoms with Gasteiger partial charge in [0.1, 0.15) is 12.9 Å². The maximum absolute atomic E-state index is 5.48. The molecule has 80 valence electrons. The lowest BCUT2D eigenvalue weighted by Gasteiger charge is -2.05. The fraction of sp³-hybridized carbons (Fsp3) is 0.444. The molecule has 15 heavy (non-hydrogen) atoms. The first-order valence-electron chi connectivity index (χ1n) is 4.89.